The van der Waals surface area contributed by atoms with Crippen LogP contribution in [0.15, 0.2) is 18.3 Å². The molecule has 0 aliphatic heterocycles. The Morgan fingerprint density at radius 1 is 1.44 bits per heavy atom. The van der Waals surface area contributed by atoms with Crippen LogP contribution in [0.3, 0.4) is 0 Å². The maximum absolute atomic E-state index is 11.7. The Bertz CT molecular complexity index is 763. The second-order valence-electron chi connectivity index (χ2n) is 7.02. The van der Waals surface area contributed by atoms with Gasteiger partial charge in [-0.3, -0.25) is 5.10 Å². The minimum atomic E-state index is -0.359. The van der Waals surface area contributed by atoms with Crippen molar-refractivity contribution in [1.29, 1.82) is 0 Å². The lowest BCUT2D eigenvalue weighted by Gasteiger charge is -2.14. The number of nitrogens with one attached hydrogen (secondary N) is 3. The van der Waals surface area contributed by atoms with Gasteiger partial charge in [0.15, 0.2) is 5.82 Å². The summed E-state index contributed by atoms with van der Waals surface area (Å²) in [7, 11) is 0. The van der Waals surface area contributed by atoms with Gasteiger partial charge in [-0.05, 0) is 39.2 Å². The van der Waals surface area contributed by atoms with Crippen molar-refractivity contribution in [2.75, 3.05) is 11.9 Å². The normalized spacial score (nSPS) is 19.3. The topological polar surface area (TPSA) is 125 Å². The molecule has 27 heavy (non-hydrogen) atoms. The van der Waals surface area contributed by atoms with Crippen LogP contribution in [0.2, 0.25) is 0 Å². The Morgan fingerprint density at radius 2 is 2.30 bits per heavy atom. The van der Waals surface area contributed by atoms with Gasteiger partial charge in [-0.1, -0.05) is 0 Å². The monoisotopic (exact) mass is 374 g/mol. The van der Waals surface area contributed by atoms with E-state index in [1.165, 1.54) is 0 Å². The first-order chi connectivity index (χ1) is 13.0. The molecular weight excluding hydrogens is 348 g/mol. The molecule has 0 unspecified atom stereocenters. The molecule has 2 aromatic rings. The summed E-state index contributed by atoms with van der Waals surface area (Å²) >= 11 is 0. The first-order valence-electron chi connectivity index (χ1n) is 9.25. The number of hydrogen-bond donors (Lipinski definition) is 4. The highest BCUT2D eigenvalue weighted by molar-refractivity contribution is 5.67. The van der Waals surface area contributed by atoms with Crippen LogP contribution in [0.4, 0.5) is 16.6 Å². The zero-order valence-electron chi connectivity index (χ0n) is 15.6. The van der Waals surface area contributed by atoms with E-state index in [1.54, 1.807) is 12.3 Å². The molecule has 2 heterocycles. The number of H-pyrrole nitrogens is 1. The number of alkyl carbamates (subject to hydrolysis) is 1. The lowest BCUT2D eigenvalue weighted by Crippen LogP contribution is -2.33. The SMILES string of the molecule is CC(C)NC(=O)O[C@@H]1CC[C@H](c2cc(Nc3nccc(CCO)n3)n[nH]2)C1. The second-order valence-corrected chi connectivity index (χ2v) is 7.02. The van der Waals surface area contributed by atoms with Crippen LogP contribution in [-0.2, 0) is 11.2 Å². The van der Waals surface area contributed by atoms with Gasteiger partial charge in [-0.25, -0.2) is 14.8 Å². The number of hydrogen-bond acceptors (Lipinski definition) is 7. The Hall–Kier alpha value is -2.68. The van der Waals surface area contributed by atoms with Crippen LogP contribution in [0, 0.1) is 0 Å². The molecule has 1 saturated carbocycles. The van der Waals surface area contributed by atoms with Gasteiger partial charge in [-0.2, -0.15) is 5.10 Å². The number of carbonyl (C=O) groups excluding carboxylic acids is 1. The highest BCUT2D eigenvalue weighted by Crippen LogP contribution is 2.36. The molecule has 1 fully saturated rings. The van der Waals surface area contributed by atoms with E-state index in [9.17, 15) is 4.79 Å². The highest BCUT2D eigenvalue weighted by atomic mass is 16.6. The smallest absolute Gasteiger partial charge is 0.407 e. The van der Waals surface area contributed by atoms with E-state index in [0.29, 0.717) is 18.2 Å². The van der Waals surface area contributed by atoms with Crippen molar-refractivity contribution in [2.24, 2.45) is 0 Å². The van der Waals surface area contributed by atoms with Gasteiger partial charge in [0, 0.05) is 48.6 Å². The molecule has 3 rings (SSSR count). The molecule has 1 aliphatic rings. The number of aliphatic hydroxyl groups is 1. The third-order valence-electron chi connectivity index (χ3n) is 4.42. The van der Waals surface area contributed by atoms with Gasteiger partial charge in [0.1, 0.15) is 6.10 Å². The Kier molecular flexibility index (Phi) is 6.23. The number of anilines is 2. The van der Waals surface area contributed by atoms with Crippen molar-refractivity contribution >= 4 is 17.9 Å². The molecule has 9 heteroatoms. The maximum atomic E-state index is 11.7. The van der Waals surface area contributed by atoms with E-state index in [-0.39, 0.29) is 30.8 Å². The number of aromatic amines is 1. The third kappa shape index (κ3) is 5.40. The van der Waals surface area contributed by atoms with Crippen LogP contribution in [0.1, 0.15) is 50.4 Å². The molecule has 0 bridgehead atoms. The molecule has 0 saturated heterocycles. The van der Waals surface area contributed by atoms with Crippen molar-refractivity contribution in [3.05, 3.63) is 29.7 Å². The van der Waals surface area contributed by atoms with Crippen LogP contribution in [-0.4, -0.2) is 50.1 Å². The summed E-state index contributed by atoms with van der Waals surface area (Å²) in [6, 6.07) is 3.77. The largest absolute Gasteiger partial charge is 0.446 e. The van der Waals surface area contributed by atoms with Crippen molar-refractivity contribution in [3.63, 3.8) is 0 Å². The molecule has 0 spiro atoms. The first-order valence-corrected chi connectivity index (χ1v) is 9.25. The summed E-state index contributed by atoms with van der Waals surface area (Å²) in [6.07, 6.45) is 4.24. The fourth-order valence-corrected chi connectivity index (χ4v) is 3.19. The maximum Gasteiger partial charge on any atom is 0.407 e. The van der Waals surface area contributed by atoms with Crippen molar-refractivity contribution < 1.29 is 14.6 Å². The van der Waals surface area contributed by atoms with Gasteiger partial charge in [0.2, 0.25) is 5.95 Å². The second kappa shape index (κ2) is 8.81. The van der Waals surface area contributed by atoms with Gasteiger partial charge in [0.05, 0.1) is 0 Å². The lowest BCUT2D eigenvalue weighted by atomic mass is 10.0. The number of ether oxygens (including phenoxy) is 1. The van der Waals surface area contributed by atoms with Gasteiger partial charge >= 0.3 is 6.09 Å². The number of rotatable bonds is 7. The number of aliphatic hydroxyl groups excluding tert-OH is 1. The molecule has 1 amide bonds. The number of carbonyl (C=O) groups is 1. The fraction of sp³-hybridized carbons (Fsp3) is 0.556. The van der Waals surface area contributed by atoms with E-state index >= 15 is 0 Å². The predicted molar refractivity (Wildman–Crippen MR) is 99.8 cm³/mol. The van der Waals surface area contributed by atoms with Crippen molar-refractivity contribution in [2.45, 2.75) is 57.6 Å². The van der Waals surface area contributed by atoms with E-state index in [0.717, 1.165) is 30.7 Å². The minimum absolute atomic E-state index is 0.0448. The van der Waals surface area contributed by atoms with E-state index in [2.05, 4.69) is 30.8 Å². The van der Waals surface area contributed by atoms with Crippen molar-refractivity contribution in [3.8, 4) is 0 Å². The fourth-order valence-electron chi connectivity index (χ4n) is 3.19. The summed E-state index contributed by atoms with van der Waals surface area (Å²) in [5, 5.41) is 22.1. The van der Waals surface area contributed by atoms with Gasteiger partial charge in [0.25, 0.3) is 0 Å². The van der Waals surface area contributed by atoms with Crippen LogP contribution < -0.4 is 10.6 Å². The van der Waals surface area contributed by atoms with E-state index in [1.807, 2.05) is 19.9 Å². The van der Waals surface area contributed by atoms with Crippen LogP contribution in [0.5, 0.6) is 0 Å². The number of amides is 1. The van der Waals surface area contributed by atoms with Crippen LogP contribution in [0.25, 0.3) is 0 Å². The summed E-state index contributed by atoms with van der Waals surface area (Å²) in [4.78, 5) is 20.2. The Labute approximate surface area is 158 Å². The average molecular weight is 374 g/mol. The summed E-state index contributed by atoms with van der Waals surface area (Å²) in [5.74, 6) is 1.34. The Morgan fingerprint density at radius 3 is 3.07 bits per heavy atom. The molecule has 4 N–H and O–H groups in total. The molecule has 0 radical (unpaired) electrons. The van der Waals surface area contributed by atoms with Gasteiger partial charge < -0.3 is 20.5 Å². The summed E-state index contributed by atoms with van der Waals surface area (Å²) in [6.45, 7) is 3.85. The molecule has 146 valence electrons. The number of aromatic nitrogens is 4. The molecule has 2 aromatic heterocycles. The van der Waals surface area contributed by atoms with E-state index in [4.69, 9.17) is 9.84 Å². The molecule has 1 aliphatic carbocycles. The number of nitrogens with zero attached hydrogens (tertiary/aromatic N) is 3. The zero-order valence-corrected chi connectivity index (χ0v) is 15.6. The van der Waals surface area contributed by atoms with Crippen molar-refractivity contribution in [1.82, 2.24) is 25.5 Å². The quantitative estimate of drug-likeness (QED) is 0.586. The highest BCUT2D eigenvalue weighted by Gasteiger charge is 2.30. The molecule has 9 nitrogen and oxygen atoms in total. The van der Waals surface area contributed by atoms with Crippen LogP contribution >= 0.6 is 0 Å². The third-order valence-corrected chi connectivity index (χ3v) is 4.42. The minimum Gasteiger partial charge on any atom is -0.446 e. The standard InChI is InChI=1S/C18H26N6O3/c1-11(2)20-18(26)27-14-4-3-12(9-14)15-10-16(24-23-15)22-17-19-7-5-13(21-17)6-8-25/h5,7,10-12,14,25H,3-4,6,8-9H2,1-2H3,(H,20,26)(H2,19,21,22,23,24)/t12-,14+/m0/s1. The van der Waals surface area contributed by atoms with Gasteiger partial charge in [-0.15, -0.1) is 0 Å². The molecule has 0 aromatic carbocycles. The first kappa shape index (κ1) is 19.1. The summed E-state index contributed by atoms with van der Waals surface area (Å²) in [5.41, 5.74) is 1.76. The predicted octanol–water partition coefficient (Wildman–Crippen LogP) is 2.25. The lowest BCUT2D eigenvalue weighted by molar-refractivity contribution is 0.0981. The zero-order chi connectivity index (χ0) is 19.2. The van der Waals surface area contributed by atoms with E-state index < -0.39 is 0 Å². The molecular formula is C18H26N6O3. The average Bonchev–Trinajstić information content (AvgIpc) is 3.24. The molecule has 2 atom stereocenters. The Balaban J connectivity index is 1.55. The summed E-state index contributed by atoms with van der Waals surface area (Å²) < 4.78 is 5.47.